The summed E-state index contributed by atoms with van der Waals surface area (Å²) in [5.74, 6) is 0.0531. The molecule has 2 heterocycles. The van der Waals surface area contributed by atoms with Crippen LogP contribution in [-0.2, 0) is 10.0 Å². The van der Waals surface area contributed by atoms with Crippen LogP contribution in [0, 0.1) is 6.92 Å². The first kappa shape index (κ1) is 19.0. The second-order valence-corrected chi connectivity index (χ2v) is 9.68. The van der Waals surface area contributed by atoms with Crippen molar-refractivity contribution in [2.24, 2.45) is 0 Å². The summed E-state index contributed by atoms with van der Waals surface area (Å²) in [6.45, 7) is 7.05. The topological polar surface area (TPSA) is 79.4 Å². The van der Waals surface area contributed by atoms with Crippen LogP contribution in [-0.4, -0.2) is 36.7 Å². The number of rotatable bonds is 5. The second kappa shape index (κ2) is 7.46. The van der Waals surface area contributed by atoms with Crippen molar-refractivity contribution in [3.05, 3.63) is 39.8 Å². The zero-order valence-electron chi connectivity index (χ0n) is 15.2. The van der Waals surface area contributed by atoms with Gasteiger partial charge in [-0.05, 0) is 44.0 Å². The van der Waals surface area contributed by atoms with Gasteiger partial charge in [0.05, 0.1) is 15.6 Å². The molecular formula is C18H23N3O3S2. The van der Waals surface area contributed by atoms with E-state index in [1.807, 2.05) is 20.8 Å². The van der Waals surface area contributed by atoms with E-state index in [1.165, 1.54) is 15.6 Å². The van der Waals surface area contributed by atoms with Crippen LogP contribution >= 0.6 is 11.3 Å². The molecule has 8 heteroatoms. The van der Waals surface area contributed by atoms with Gasteiger partial charge in [-0.3, -0.25) is 4.79 Å². The van der Waals surface area contributed by atoms with E-state index < -0.39 is 10.0 Å². The molecule has 1 aromatic carbocycles. The Labute approximate surface area is 158 Å². The number of hydrogen-bond donors (Lipinski definition) is 1. The minimum absolute atomic E-state index is 0.220. The fourth-order valence-corrected chi connectivity index (χ4v) is 5.33. The van der Waals surface area contributed by atoms with Crippen molar-refractivity contribution in [3.63, 3.8) is 0 Å². The molecule has 1 fully saturated rings. The third-order valence-corrected chi connectivity index (χ3v) is 7.70. The third kappa shape index (κ3) is 3.82. The number of nitrogens with zero attached hydrogens (tertiary/aromatic N) is 2. The predicted molar refractivity (Wildman–Crippen MR) is 103 cm³/mol. The number of carbonyl (C=O) groups excluding carboxylic acids is 1. The van der Waals surface area contributed by atoms with E-state index in [1.54, 1.807) is 24.3 Å². The molecule has 2 aromatic rings. The molecule has 0 unspecified atom stereocenters. The Morgan fingerprint density at radius 1 is 1.19 bits per heavy atom. The van der Waals surface area contributed by atoms with Crippen LogP contribution in [0.15, 0.2) is 29.2 Å². The smallest absolute Gasteiger partial charge is 0.267 e. The molecule has 1 aliphatic rings. The minimum Gasteiger partial charge on any atom is -0.321 e. The van der Waals surface area contributed by atoms with Gasteiger partial charge in [0, 0.05) is 24.7 Å². The number of aromatic nitrogens is 1. The number of nitrogens with one attached hydrogen (secondary N) is 1. The van der Waals surface area contributed by atoms with E-state index >= 15 is 0 Å². The molecule has 140 valence electrons. The Bertz CT molecular complexity index is 896. The van der Waals surface area contributed by atoms with Crippen molar-refractivity contribution in [2.75, 3.05) is 18.4 Å². The number of amides is 1. The highest BCUT2D eigenvalue weighted by Gasteiger charge is 2.27. The minimum atomic E-state index is -3.44. The first-order chi connectivity index (χ1) is 12.3. The lowest BCUT2D eigenvalue weighted by Crippen LogP contribution is -2.27. The highest BCUT2D eigenvalue weighted by molar-refractivity contribution is 7.89. The van der Waals surface area contributed by atoms with Gasteiger partial charge in [0.15, 0.2) is 0 Å². The number of carbonyl (C=O) groups is 1. The molecule has 0 aliphatic carbocycles. The van der Waals surface area contributed by atoms with Crippen molar-refractivity contribution in [1.29, 1.82) is 0 Å². The predicted octanol–water partition coefficient (Wildman–Crippen LogP) is 3.61. The van der Waals surface area contributed by atoms with Crippen LogP contribution in [0.2, 0.25) is 0 Å². The maximum absolute atomic E-state index is 12.5. The summed E-state index contributed by atoms with van der Waals surface area (Å²) in [5.41, 5.74) is 1.28. The molecule has 0 spiro atoms. The fraction of sp³-hybridized carbons (Fsp3) is 0.444. The van der Waals surface area contributed by atoms with E-state index in [0.29, 0.717) is 29.3 Å². The Morgan fingerprint density at radius 3 is 2.35 bits per heavy atom. The molecular weight excluding hydrogens is 370 g/mol. The summed E-state index contributed by atoms with van der Waals surface area (Å²) in [6.07, 6.45) is 1.81. The first-order valence-corrected chi connectivity index (χ1v) is 10.9. The summed E-state index contributed by atoms with van der Waals surface area (Å²) in [4.78, 5) is 17.8. The van der Waals surface area contributed by atoms with Gasteiger partial charge in [0.2, 0.25) is 10.0 Å². The first-order valence-electron chi connectivity index (χ1n) is 8.68. The third-order valence-electron chi connectivity index (χ3n) is 4.33. The van der Waals surface area contributed by atoms with Crippen LogP contribution in [0.3, 0.4) is 0 Å². The number of anilines is 1. The lowest BCUT2D eigenvalue weighted by molar-refractivity contribution is 0.103. The zero-order valence-corrected chi connectivity index (χ0v) is 16.8. The number of benzene rings is 1. The average Bonchev–Trinajstić information content (AvgIpc) is 3.25. The summed E-state index contributed by atoms with van der Waals surface area (Å²) >= 11 is 1.39. The highest BCUT2D eigenvalue weighted by atomic mass is 32.2. The molecule has 0 radical (unpaired) electrons. The molecule has 1 amide bonds. The van der Waals surface area contributed by atoms with Crippen LogP contribution in [0.25, 0.3) is 0 Å². The number of thiazole rings is 1. The normalized spacial score (nSPS) is 15.5. The molecule has 0 saturated carbocycles. The van der Waals surface area contributed by atoms with Crippen molar-refractivity contribution in [1.82, 2.24) is 9.29 Å². The van der Waals surface area contributed by atoms with Gasteiger partial charge < -0.3 is 5.32 Å². The van der Waals surface area contributed by atoms with Gasteiger partial charge >= 0.3 is 0 Å². The lowest BCUT2D eigenvalue weighted by Gasteiger charge is -2.15. The molecule has 1 aromatic heterocycles. The second-order valence-electron chi connectivity index (χ2n) is 6.71. The van der Waals surface area contributed by atoms with Gasteiger partial charge in [-0.15, -0.1) is 11.3 Å². The Morgan fingerprint density at radius 2 is 1.81 bits per heavy atom. The largest absolute Gasteiger partial charge is 0.321 e. The van der Waals surface area contributed by atoms with Gasteiger partial charge in [0.1, 0.15) is 4.88 Å². The van der Waals surface area contributed by atoms with Crippen molar-refractivity contribution in [3.8, 4) is 0 Å². The molecule has 1 aliphatic heterocycles. The Kier molecular flexibility index (Phi) is 5.45. The quantitative estimate of drug-likeness (QED) is 0.841. The molecule has 1 saturated heterocycles. The fourth-order valence-electron chi connectivity index (χ4n) is 2.85. The van der Waals surface area contributed by atoms with Crippen LogP contribution in [0.4, 0.5) is 5.69 Å². The van der Waals surface area contributed by atoms with Gasteiger partial charge in [-0.2, -0.15) is 4.31 Å². The van der Waals surface area contributed by atoms with Gasteiger partial charge in [0.25, 0.3) is 5.91 Å². The number of sulfonamides is 1. The van der Waals surface area contributed by atoms with E-state index in [0.717, 1.165) is 17.8 Å². The summed E-state index contributed by atoms with van der Waals surface area (Å²) in [5, 5.41) is 3.75. The van der Waals surface area contributed by atoms with Crippen LogP contribution in [0.5, 0.6) is 0 Å². The van der Waals surface area contributed by atoms with Gasteiger partial charge in [-0.25, -0.2) is 13.4 Å². The van der Waals surface area contributed by atoms with Crippen molar-refractivity contribution in [2.45, 2.75) is 44.4 Å². The molecule has 6 nitrogen and oxygen atoms in total. The average molecular weight is 394 g/mol. The number of hydrogen-bond acceptors (Lipinski definition) is 5. The van der Waals surface area contributed by atoms with E-state index in [2.05, 4.69) is 10.3 Å². The standard InChI is InChI=1S/C18H23N3O3S2/c1-12(2)18-19-13(3)16(25-18)17(22)20-14-6-8-15(9-7-14)26(23,24)21-10-4-5-11-21/h6-9,12H,4-5,10-11H2,1-3H3,(H,20,22). The summed E-state index contributed by atoms with van der Waals surface area (Å²) in [7, 11) is -3.44. The van der Waals surface area contributed by atoms with E-state index in [-0.39, 0.29) is 16.7 Å². The molecule has 3 rings (SSSR count). The molecule has 0 atom stereocenters. The summed E-state index contributed by atoms with van der Waals surface area (Å²) < 4.78 is 26.6. The maximum atomic E-state index is 12.5. The van der Waals surface area contributed by atoms with Crippen LogP contribution in [0.1, 0.15) is 53.0 Å². The Balaban J connectivity index is 1.74. The molecule has 26 heavy (non-hydrogen) atoms. The van der Waals surface area contributed by atoms with Crippen LogP contribution < -0.4 is 5.32 Å². The SMILES string of the molecule is Cc1nc(C(C)C)sc1C(=O)Nc1ccc(S(=O)(=O)N2CCCC2)cc1. The van der Waals surface area contributed by atoms with Gasteiger partial charge in [-0.1, -0.05) is 13.8 Å². The molecule has 0 bridgehead atoms. The van der Waals surface area contributed by atoms with Crippen molar-refractivity contribution >= 4 is 33.0 Å². The van der Waals surface area contributed by atoms with Crippen molar-refractivity contribution < 1.29 is 13.2 Å². The monoisotopic (exact) mass is 393 g/mol. The lowest BCUT2D eigenvalue weighted by atomic mass is 10.2. The number of aryl methyl sites for hydroxylation is 1. The molecule has 1 N–H and O–H groups in total. The zero-order chi connectivity index (χ0) is 18.9. The highest BCUT2D eigenvalue weighted by Crippen LogP contribution is 2.26. The van der Waals surface area contributed by atoms with E-state index in [4.69, 9.17) is 0 Å². The van der Waals surface area contributed by atoms with E-state index in [9.17, 15) is 13.2 Å². The maximum Gasteiger partial charge on any atom is 0.267 e. The summed E-state index contributed by atoms with van der Waals surface area (Å²) in [6, 6.07) is 6.34. The Hall–Kier alpha value is -1.77.